The number of benzene rings is 8. The van der Waals surface area contributed by atoms with Crippen molar-refractivity contribution in [3.63, 3.8) is 0 Å². The Morgan fingerprint density at radius 3 is 1.08 bits per heavy atom. The summed E-state index contributed by atoms with van der Waals surface area (Å²) in [5, 5.41) is 64.9. The molecule has 0 saturated heterocycles. The standard InChI is InChI=1S/C23H18Cl2N6O4.C22H14Cl2N8O3.2C22H18Cl2N6O3/c1-11-21(26)30-31(23(33)27-11)14-8-16(24)20(17(25)9-14)35-19-10-15(22(32)29-28-19)12-4-5-18-13(7-12)3-2-6-34-18;1-10-20(25)31-32(22(34)27-10)13-7-15(23)19(16(24)8-13)35-21-14(9-18(33)29-30-21)12-3-2-11-4-5-26-28-17(11)6-12;1-10-4-5-13(6-11(10)2)15-9-18(27-28-21(15)31)33-19-16(23)7-14(8-17(19)24)30-22(32)26-12(3)20(25)29-30;1-10-4-5-13(6-11(10)2)15-9-18(31)27-28-21(15)33-19-16(23)7-14(8-17(19)24)30-22(32)26-12(3)20(25)29-30/h4-5,7-10H,1-3,6H2,(H2,26,30)(H,27,33)(H,29,32);2-9H,1H2,(H2,25,31)(H,27,34)(H,29,33);4-9H,3H2,1-2H3,(H2,25,29)(H,26,32)(H,28,31);4-9H,3H2,1-2H3,(H2,25,29)(H,26,32)(H,27,31). The molecule has 0 unspecified atom stereocenters. The summed E-state index contributed by atoms with van der Waals surface area (Å²) in [5.74, 6) is 1.56. The molecule has 5 aromatic heterocycles. The number of aryl methyl sites for hydroxylation is 5. The van der Waals surface area contributed by atoms with Crippen LogP contribution in [0.5, 0.6) is 52.3 Å². The number of hydrogen-bond donors (Lipinski definition) is 12. The molecule has 0 bridgehead atoms. The third-order valence-corrected chi connectivity index (χ3v) is 22.6. The average molecular weight is 1990 g/mol. The van der Waals surface area contributed by atoms with Crippen molar-refractivity contribution in [2.24, 2.45) is 43.3 Å². The fourth-order valence-electron chi connectivity index (χ4n) is 13.2. The van der Waals surface area contributed by atoms with Gasteiger partial charge in [0.2, 0.25) is 23.5 Å². The van der Waals surface area contributed by atoms with Gasteiger partial charge in [-0.05, 0) is 163 Å². The molecule has 688 valence electrons. The summed E-state index contributed by atoms with van der Waals surface area (Å²) in [6.45, 7) is 23.0. The van der Waals surface area contributed by atoms with E-state index in [1.54, 1.807) is 24.4 Å². The molecule has 0 atom stereocenters. The molecule has 13 aromatic rings. The van der Waals surface area contributed by atoms with Crippen molar-refractivity contribution in [1.82, 2.24) is 72.3 Å². The van der Waals surface area contributed by atoms with E-state index < -0.39 is 35.2 Å². The van der Waals surface area contributed by atoms with Crippen LogP contribution in [0, 0.1) is 27.7 Å². The zero-order chi connectivity index (χ0) is 97.1. The van der Waals surface area contributed by atoms with E-state index in [0.29, 0.717) is 51.1 Å². The summed E-state index contributed by atoms with van der Waals surface area (Å²) < 4.78 is 29.1. The van der Waals surface area contributed by atoms with Gasteiger partial charge in [0.1, 0.15) is 5.75 Å². The number of aromatic nitrogens is 10. The fraction of sp³-hybridized carbons (Fsp3) is 0.0787. The lowest BCUT2D eigenvalue weighted by molar-refractivity contribution is 0.247. The van der Waals surface area contributed by atoms with Crippen LogP contribution in [-0.4, -0.2) is 105 Å². The molecule has 0 radical (unpaired) electrons. The second-order valence-electron chi connectivity index (χ2n) is 29.7. The Bertz CT molecular complexity index is 7560. The van der Waals surface area contributed by atoms with Crippen LogP contribution in [0.25, 0.3) is 55.4 Å². The maximum atomic E-state index is 12.5. The van der Waals surface area contributed by atoms with Gasteiger partial charge in [0, 0.05) is 29.7 Å². The van der Waals surface area contributed by atoms with Gasteiger partial charge in [-0.15, -0.1) is 40.8 Å². The number of fused-ring (bicyclic) bond motifs is 2. The summed E-state index contributed by atoms with van der Waals surface area (Å²) in [5.41, 5.74) is 33.5. The zero-order valence-corrected chi connectivity index (χ0v) is 76.9. The predicted octanol–water partition coefficient (Wildman–Crippen LogP) is 16.9. The number of hydrazone groups is 4. The molecule has 0 saturated carbocycles. The number of carbonyl (C=O) groups excluding carboxylic acids is 4. The summed E-state index contributed by atoms with van der Waals surface area (Å²) in [6, 6.07) is 39.0. The maximum Gasteiger partial charge on any atom is 0.347 e. The van der Waals surface area contributed by atoms with Crippen molar-refractivity contribution in [1.29, 1.82) is 0 Å². The number of nitrogens with zero attached hydrogens (tertiary/aromatic N) is 14. The summed E-state index contributed by atoms with van der Waals surface area (Å²) >= 11 is 51.3. The Hall–Kier alpha value is -16.1. The molecule has 5 aliphatic rings. The van der Waals surface area contributed by atoms with Crippen molar-refractivity contribution < 1.29 is 42.9 Å². The minimum atomic E-state index is -0.589. The van der Waals surface area contributed by atoms with Gasteiger partial charge in [0.15, 0.2) is 46.3 Å². The lowest BCUT2D eigenvalue weighted by Crippen LogP contribution is -2.45. The molecule has 8 aromatic carbocycles. The number of nitrogens with one attached hydrogen (secondary N) is 8. The molecule has 136 heavy (non-hydrogen) atoms. The molecule has 10 heterocycles. The summed E-state index contributed by atoms with van der Waals surface area (Å²) in [6.07, 6.45) is 3.37. The largest absolute Gasteiger partial charge is 0.493 e. The van der Waals surface area contributed by atoms with Gasteiger partial charge in [0.25, 0.3) is 22.2 Å². The molecule has 8 amide bonds. The third-order valence-electron chi connectivity index (χ3n) is 20.4. The SMILES string of the molecule is C=C1NC(=O)N(c2cc(Cl)c(Oc3cc(-c4ccc(C)c(C)c4)c(=O)[nH]n3)c(Cl)c2)N=C1N.C=C1NC(=O)N(c2cc(Cl)c(Oc3cc(-c4ccc5c(c4)CCCO5)c(=O)[nH]n3)c(Cl)c2)N=C1N.C=C1NC(=O)N(c2cc(Cl)c(Oc3n[nH]c(=O)cc3-c3ccc(C)c(C)c3)c(Cl)c2)N=C1N.C=C1NC(=O)N(c2cc(Cl)c(Oc3n[nH]c(=O)cc3-c3ccc4ccnnc4c3)c(Cl)c2)N=C1N. The number of carbonyl (C=O) groups is 4. The second-order valence-corrected chi connectivity index (χ2v) is 32.9. The van der Waals surface area contributed by atoms with Crippen LogP contribution in [-0.2, 0) is 6.42 Å². The highest BCUT2D eigenvalue weighted by molar-refractivity contribution is 6.40. The number of rotatable bonds is 16. The van der Waals surface area contributed by atoms with Crippen LogP contribution < -0.4 is 110 Å². The average Bonchev–Trinajstić information content (AvgIpc) is 0.790. The van der Waals surface area contributed by atoms with E-state index in [9.17, 15) is 38.4 Å². The molecule has 5 aliphatic heterocycles. The van der Waals surface area contributed by atoms with Gasteiger partial charge in [-0.1, -0.05) is 174 Å². The Kier molecular flexibility index (Phi) is 27.6. The molecule has 0 aliphatic carbocycles. The number of aromatic amines is 4. The number of nitrogens with two attached hydrogens (primary N) is 4. The van der Waals surface area contributed by atoms with Gasteiger partial charge >= 0.3 is 24.1 Å². The minimum absolute atomic E-state index is 0.0272. The first kappa shape index (κ1) is 94.5. The predicted molar refractivity (Wildman–Crippen MR) is 520 cm³/mol. The van der Waals surface area contributed by atoms with Gasteiger partial charge in [-0.2, -0.15) is 30.2 Å². The Morgan fingerprint density at radius 2 is 0.706 bits per heavy atom. The smallest absolute Gasteiger partial charge is 0.347 e. The third kappa shape index (κ3) is 20.8. The van der Waals surface area contributed by atoms with Gasteiger partial charge in [0.05, 0.1) is 126 Å². The second kappa shape index (κ2) is 39.7. The van der Waals surface area contributed by atoms with E-state index in [2.05, 4.69) is 119 Å². The zero-order valence-electron chi connectivity index (χ0n) is 70.9. The number of urea groups is 4. The van der Waals surface area contributed by atoms with Crippen LogP contribution in [0.4, 0.5) is 41.9 Å². The first-order chi connectivity index (χ1) is 64.9. The molecule has 0 spiro atoms. The number of anilines is 4. The van der Waals surface area contributed by atoms with Crippen LogP contribution >= 0.6 is 92.8 Å². The molecule has 18 rings (SSSR count). The van der Waals surface area contributed by atoms with Gasteiger partial charge < -0.3 is 67.9 Å². The minimum Gasteiger partial charge on any atom is -0.493 e. The van der Waals surface area contributed by atoms with Gasteiger partial charge in [-0.25, -0.2) is 39.6 Å². The molecule has 0 fully saturated rings. The number of halogens is 8. The molecule has 39 nitrogen and oxygen atoms in total. The van der Waals surface area contributed by atoms with Crippen LogP contribution in [0.15, 0.2) is 247 Å². The highest BCUT2D eigenvalue weighted by Gasteiger charge is 2.32. The highest BCUT2D eigenvalue weighted by atomic mass is 35.5. The van der Waals surface area contributed by atoms with E-state index in [4.69, 9.17) is 139 Å². The van der Waals surface area contributed by atoms with Crippen molar-refractivity contribution in [3.05, 3.63) is 316 Å². The normalized spacial score (nSPS) is 14.0. The Labute approximate surface area is 807 Å². The summed E-state index contributed by atoms with van der Waals surface area (Å²) in [4.78, 5) is 97.9. The van der Waals surface area contributed by atoms with Crippen LogP contribution in [0.3, 0.4) is 0 Å². The Balaban J connectivity index is 0.000000138. The molecular formula is C89H68Cl8N26O13. The van der Waals surface area contributed by atoms with Crippen molar-refractivity contribution in [3.8, 4) is 96.8 Å². The number of amidine groups is 4. The highest BCUT2D eigenvalue weighted by Crippen LogP contribution is 2.47. The number of hydrogen-bond acceptors (Lipinski definition) is 27. The van der Waals surface area contributed by atoms with E-state index in [1.165, 1.54) is 72.8 Å². The first-order valence-corrected chi connectivity index (χ1v) is 42.7. The molecular weight excluding hydrogens is 1920 g/mol. The van der Waals surface area contributed by atoms with Crippen molar-refractivity contribution in [2.45, 2.75) is 40.5 Å². The maximum absolute atomic E-state index is 12.5. The lowest BCUT2D eigenvalue weighted by atomic mass is 10.00. The van der Waals surface area contributed by atoms with Gasteiger partial charge in [-0.3, -0.25) is 19.2 Å². The fourth-order valence-corrected chi connectivity index (χ4v) is 15.4. The Morgan fingerprint density at radius 1 is 0.368 bits per heavy atom. The van der Waals surface area contributed by atoms with E-state index in [0.717, 1.165) is 77.4 Å². The van der Waals surface area contributed by atoms with Crippen LogP contribution in [0.1, 0.15) is 34.2 Å². The van der Waals surface area contributed by atoms with E-state index in [-0.39, 0.29) is 167 Å². The monoisotopic (exact) mass is 1990 g/mol. The summed E-state index contributed by atoms with van der Waals surface area (Å²) in [7, 11) is 0. The number of ether oxygens (including phenoxy) is 5. The van der Waals surface area contributed by atoms with Crippen molar-refractivity contribution in [2.75, 3.05) is 26.6 Å². The van der Waals surface area contributed by atoms with E-state index in [1.807, 2.05) is 88.4 Å². The quantitative estimate of drug-likeness (QED) is 0.0427. The molecule has 47 heteroatoms. The number of amides is 8. The van der Waals surface area contributed by atoms with Crippen LogP contribution in [0.2, 0.25) is 40.2 Å². The van der Waals surface area contributed by atoms with Crippen molar-refractivity contribution >= 4 is 174 Å². The number of H-pyrrole nitrogens is 4. The van der Waals surface area contributed by atoms with E-state index >= 15 is 0 Å². The molecule has 16 N–H and O–H groups in total. The lowest BCUT2D eigenvalue weighted by Gasteiger charge is -2.24. The first-order valence-electron chi connectivity index (χ1n) is 39.6. The topological polar surface area (TPSA) is 538 Å².